The highest BCUT2D eigenvalue weighted by molar-refractivity contribution is 5.76. The number of esters is 1. The van der Waals surface area contributed by atoms with E-state index in [1.54, 1.807) is 0 Å². The van der Waals surface area contributed by atoms with E-state index < -0.39 is 12.1 Å². The molecule has 1 amide bonds. The Bertz CT molecular complexity index is 761. The predicted molar refractivity (Wildman–Crippen MR) is 232 cm³/mol. The monoisotopic (exact) mass is 766 g/mol. The van der Waals surface area contributed by atoms with Crippen molar-refractivity contribution in [3.63, 3.8) is 0 Å². The number of hydrogen-bond donors (Lipinski definition) is 3. The maximum absolute atomic E-state index is 12.4. The molecule has 0 aliphatic rings. The zero-order chi connectivity index (χ0) is 39.4. The lowest BCUT2D eigenvalue weighted by Gasteiger charge is -2.22. The van der Waals surface area contributed by atoms with E-state index in [1.807, 2.05) is 0 Å². The Kier molecular flexibility index (Phi) is 43.6. The van der Waals surface area contributed by atoms with Crippen LogP contribution in [0.2, 0.25) is 0 Å². The maximum atomic E-state index is 12.4. The lowest BCUT2D eigenvalue weighted by Crippen LogP contribution is -2.45. The topological polar surface area (TPSA) is 95.9 Å². The lowest BCUT2D eigenvalue weighted by atomic mass is 10.0. The van der Waals surface area contributed by atoms with Crippen LogP contribution in [0.15, 0.2) is 0 Å². The van der Waals surface area contributed by atoms with Crippen molar-refractivity contribution >= 4 is 11.9 Å². The molecule has 2 unspecified atom stereocenters. The molecular weight excluding hydrogens is 671 g/mol. The number of ether oxygens (including phenoxy) is 1. The van der Waals surface area contributed by atoms with Gasteiger partial charge in [-0.3, -0.25) is 9.59 Å². The fourth-order valence-electron chi connectivity index (χ4n) is 7.64. The van der Waals surface area contributed by atoms with Crippen LogP contribution < -0.4 is 5.32 Å². The second-order valence-corrected chi connectivity index (χ2v) is 16.8. The molecule has 0 radical (unpaired) electrons. The maximum Gasteiger partial charge on any atom is 0.305 e. The van der Waals surface area contributed by atoms with Gasteiger partial charge in [0.15, 0.2) is 0 Å². The second-order valence-electron chi connectivity index (χ2n) is 16.8. The Hall–Kier alpha value is -1.14. The van der Waals surface area contributed by atoms with Crippen LogP contribution >= 0.6 is 0 Å². The first kappa shape index (κ1) is 52.9. The van der Waals surface area contributed by atoms with Gasteiger partial charge in [-0.2, -0.15) is 0 Å². The first-order chi connectivity index (χ1) is 26.5. The van der Waals surface area contributed by atoms with Crippen molar-refractivity contribution in [2.75, 3.05) is 13.2 Å². The van der Waals surface area contributed by atoms with Gasteiger partial charge < -0.3 is 20.3 Å². The number of carbonyl (C=O) groups excluding carboxylic acids is 2. The third kappa shape index (κ3) is 40.5. The normalized spacial score (nSPS) is 12.6. The van der Waals surface area contributed by atoms with Crippen LogP contribution in [0, 0.1) is 0 Å². The summed E-state index contributed by atoms with van der Waals surface area (Å²) >= 11 is 0. The molecule has 0 saturated heterocycles. The van der Waals surface area contributed by atoms with Gasteiger partial charge in [0.05, 0.1) is 25.4 Å². The summed E-state index contributed by atoms with van der Waals surface area (Å²) in [5.74, 6) is -0.0575. The molecule has 0 bridgehead atoms. The summed E-state index contributed by atoms with van der Waals surface area (Å²) in [5, 5.41) is 23.1. The van der Waals surface area contributed by atoms with Gasteiger partial charge in [0.1, 0.15) is 0 Å². The SMILES string of the molecule is CCCCCCCCCCCCCCCCCC(=O)OCCCCCCCCCCCCCCC(=O)NC(CO)C(O)CCCCCCCCCCCC. The van der Waals surface area contributed by atoms with Gasteiger partial charge in [-0.15, -0.1) is 0 Å². The fourth-order valence-corrected chi connectivity index (χ4v) is 7.64. The highest BCUT2D eigenvalue weighted by Crippen LogP contribution is 2.16. The van der Waals surface area contributed by atoms with E-state index in [9.17, 15) is 19.8 Å². The number of amides is 1. The smallest absolute Gasteiger partial charge is 0.305 e. The first-order valence-electron chi connectivity index (χ1n) is 24.3. The zero-order valence-corrected chi connectivity index (χ0v) is 36.5. The number of aliphatic hydroxyl groups is 2. The molecule has 0 saturated carbocycles. The van der Waals surface area contributed by atoms with E-state index in [1.165, 1.54) is 180 Å². The Balaban J connectivity index is 3.42. The number of nitrogens with one attached hydrogen (secondary N) is 1. The van der Waals surface area contributed by atoms with Crippen LogP contribution in [-0.2, 0) is 14.3 Å². The van der Waals surface area contributed by atoms with E-state index >= 15 is 0 Å². The summed E-state index contributed by atoms with van der Waals surface area (Å²) in [6.45, 7) is 4.91. The van der Waals surface area contributed by atoms with Crippen LogP contribution in [0.4, 0.5) is 0 Å². The van der Waals surface area contributed by atoms with Crippen molar-refractivity contribution in [2.24, 2.45) is 0 Å². The third-order valence-electron chi connectivity index (χ3n) is 11.4. The van der Waals surface area contributed by atoms with Crippen molar-refractivity contribution in [1.82, 2.24) is 5.32 Å². The van der Waals surface area contributed by atoms with Gasteiger partial charge >= 0.3 is 5.97 Å². The molecule has 322 valence electrons. The predicted octanol–water partition coefficient (Wildman–Crippen LogP) is 14.0. The summed E-state index contributed by atoms with van der Waals surface area (Å²) in [4.78, 5) is 24.4. The summed E-state index contributed by atoms with van der Waals surface area (Å²) in [7, 11) is 0. The molecule has 54 heavy (non-hydrogen) atoms. The molecule has 6 heteroatoms. The summed E-state index contributed by atoms with van der Waals surface area (Å²) < 4.78 is 5.46. The number of rotatable bonds is 45. The lowest BCUT2D eigenvalue weighted by molar-refractivity contribution is -0.143. The van der Waals surface area contributed by atoms with Gasteiger partial charge in [-0.05, 0) is 25.7 Å². The van der Waals surface area contributed by atoms with Crippen molar-refractivity contribution in [1.29, 1.82) is 0 Å². The van der Waals surface area contributed by atoms with Crippen molar-refractivity contribution in [3.05, 3.63) is 0 Å². The molecule has 3 N–H and O–H groups in total. The minimum absolute atomic E-state index is 0.00634. The third-order valence-corrected chi connectivity index (χ3v) is 11.4. The van der Waals surface area contributed by atoms with Crippen LogP contribution in [0.3, 0.4) is 0 Å². The molecular formula is C48H95NO5. The van der Waals surface area contributed by atoms with Gasteiger partial charge in [0, 0.05) is 12.8 Å². The van der Waals surface area contributed by atoms with Crippen LogP contribution in [0.1, 0.15) is 271 Å². The molecule has 2 atom stereocenters. The summed E-state index contributed by atoms with van der Waals surface area (Å²) in [6, 6.07) is -0.549. The van der Waals surface area contributed by atoms with Gasteiger partial charge in [0.25, 0.3) is 0 Å². The highest BCUT2D eigenvalue weighted by atomic mass is 16.5. The molecule has 6 nitrogen and oxygen atoms in total. The highest BCUT2D eigenvalue weighted by Gasteiger charge is 2.20. The largest absolute Gasteiger partial charge is 0.466 e. The number of aliphatic hydroxyl groups excluding tert-OH is 2. The Morgan fingerprint density at radius 2 is 0.759 bits per heavy atom. The molecule has 0 aromatic heterocycles. The zero-order valence-electron chi connectivity index (χ0n) is 36.5. The molecule has 0 spiro atoms. The van der Waals surface area contributed by atoms with E-state index in [0.29, 0.717) is 25.9 Å². The van der Waals surface area contributed by atoms with Crippen LogP contribution in [0.25, 0.3) is 0 Å². The average Bonchev–Trinajstić information content (AvgIpc) is 3.17. The van der Waals surface area contributed by atoms with Crippen molar-refractivity contribution in [3.8, 4) is 0 Å². The van der Waals surface area contributed by atoms with Gasteiger partial charge in [-0.25, -0.2) is 0 Å². The molecule has 0 aliphatic carbocycles. The summed E-state index contributed by atoms with van der Waals surface area (Å²) in [5.41, 5.74) is 0. The van der Waals surface area contributed by atoms with Crippen LogP contribution in [0.5, 0.6) is 0 Å². The van der Waals surface area contributed by atoms with Crippen molar-refractivity contribution < 1.29 is 24.5 Å². The van der Waals surface area contributed by atoms with Crippen molar-refractivity contribution in [2.45, 2.75) is 283 Å². The standard InChI is InChI=1S/C48H95NO5/c1-3-5-7-9-11-13-15-16-17-18-22-26-30-34-38-42-48(53)54-43-39-35-31-27-23-20-19-21-25-29-33-37-41-47(52)49-45(44-50)46(51)40-36-32-28-24-14-12-10-8-6-4-2/h45-46,50-51H,3-44H2,1-2H3,(H,49,52). The molecule has 0 heterocycles. The van der Waals surface area contributed by atoms with E-state index in [2.05, 4.69) is 19.2 Å². The summed E-state index contributed by atoms with van der Waals surface area (Å²) in [6.07, 6.45) is 47.8. The molecule has 0 aromatic rings. The Labute approximate surface area is 336 Å². The first-order valence-corrected chi connectivity index (χ1v) is 24.3. The quantitative estimate of drug-likeness (QED) is 0.0424. The molecule has 0 aliphatic heterocycles. The minimum atomic E-state index is -0.670. The fraction of sp³-hybridized carbons (Fsp3) is 0.958. The minimum Gasteiger partial charge on any atom is -0.466 e. The average molecular weight is 766 g/mol. The number of carbonyl (C=O) groups is 2. The molecule has 0 rings (SSSR count). The molecule has 0 aromatic carbocycles. The van der Waals surface area contributed by atoms with Crippen LogP contribution in [-0.4, -0.2) is 47.4 Å². The second kappa shape index (κ2) is 44.6. The molecule has 0 fully saturated rings. The Morgan fingerprint density at radius 1 is 0.444 bits per heavy atom. The van der Waals surface area contributed by atoms with E-state index in [0.717, 1.165) is 57.8 Å². The Morgan fingerprint density at radius 3 is 1.13 bits per heavy atom. The van der Waals surface area contributed by atoms with E-state index in [-0.39, 0.29) is 18.5 Å². The van der Waals surface area contributed by atoms with Gasteiger partial charge in [0.2, 0.25) is 5.91 Å². The van der Waals surface area contributed by atoms with E-state index in [4.69, 9.17) is 4.74 Å². The number of hydrogen-bond acceptors (Lipinski definition) is 5. The van der Waals surface area contributed by atoms with Gasteiger partial charge in [-0.1, -0.05) is 232 Å². The number of unbranched alkanes of at least 4 members (excludes halogenated alkanes) is 34.